The van der Waals surface area contributed by atoms with Crippen LogP contribution in [0.3, 0.4) is 0 Å². The van der Waals surface area contributed by atoms with Crippen LogP contribution in [0.2, 0.25) is 0 Å². The second-order valence-corrected chi connectivity index (χ2v) is 5.18. The molecule has 1 saturated heterocycles. The summed E-state index contributed by atoms with van der Waals surface area (Å²) in [6, 6.07) is 4.34. The Labute approximate surface area is 106 Å². The van der Waals surface area contributed by atoms with Gasteiger partial charge in [0.1, 0.15) is 5.52 Å². The first kappa shape index (κ1) is 11.5. The molecule has 3 rings (SSSR count). The Morgan fingerprint density at radius 2 is 2.33 bits per heavy atom. The van der Waals surface area contributed by atoms with Gasteiger partial charge in [0.25, 0.3) is 5.56 Å². The first-order chi connectivity index (χ1) is 8.77. The van der Waals surface area contributed by atoms with Gasteiger partial charge in [-0.15, -0.1) is 0 Å². The van der Waals surface area contributed by atoms with Crippen molar-refractivity contribution in [3.63, 3.8) is 0 Å². The van der Waals surface area contributed by atoms with E-state index in [1.807, 2.05) is 18.3 Å². The van der Waals surface area contributed by atoms with Crippen LogP contribution in [0.1, 0.15) is 25.8 Å². The van der Waals surface area contributed by atoms with E-state index >= 15 is 0 Å². The maximum Gasteiger partial charge on any atom is 0.272 e. The van der Waals surface area contributed by atoms with Crippen LogP contribution in [0.25, 0.3) is 10.9 Å². The molecule has 96 valence electrons. The third-order valence-electron chi connectivity index (χ3n) is 4.09. The van der Waals surface area contributed by atoms with Gasteiger partial charge in [-0.1, -0.05) is 0 Å². The predicted octanol–water partition coefficient (Wildman–Crippen LogP) is 1.89. The monoisotopic (exact) mass is 245 g/mol. The number of piperidine rings is 1. The first-order valence-electron chi connectivity index (χ1n) is 6.66. The third-order valence-corrected chi connectivity index (χ3v) is 4.09. The zero-order valence-corrected chi connectivity index (χ0v) is 10.6. The van der Waals surface area contributed by atoms with Crippen LogP contribution in [0, 0.1) is 5.92 Å². The van der Waals surface area contributed by atoms with Gasteiger partial charge < -0.3 is 14.9 Å². The Hall–Kier alpha value is -1.55. The Balaban J connectivity index is 2.00. The second kappa shape index (κ2) is 4.61. The summed E-state index contributed by atoms with van der Waals surface area (Å²) in [6.45, 7) is 4.38. The predicted molar refractivity (Wildman–Crippen MR) is 72.9 cm³/mol. The molecule has 2 unspecified atom stereocenters. The van der Waals surface area contributed by atoms with Crippen LogP contribution in [0.5, 0.6) is 0 Å². The SMILES string of the molecule is CC(C1CCCNC1)n1ccc2cc[nH]c(=O)c21. The number of aromatic nitrogens is 2. The van der Waals surface area contributed by atoms with Crippen molar-refractivity contribution in [1.82, 2.24) is 14.9 Å². The Bertz CT molecular complexity index is 592. The Morgan fingerprint density at radius 3 is 3.11 bits per heavy atom. The van der Waals surface area contributed by atoms with Crippen molar-refractivity contribution in [2.24, 2.45) is 5.92 Å². The molecule has 2 atom stereocenters. The van der Waals surface area contributed by atoms with E-state index in [1.165, 1.54) is 12.8 Å². The molecule has 2 N–H and O–H groups in total. The van der Waals surface area contributed by atoms with E-state index in [0.29, 0.717) is 12.0 Å². The number of aromatic amines is 1. The molecular formula is C14H19N3O. The number of rotatable bonds is 2. The fourth-order valence-electron chi connectivity index (χ4n) is 2.98. The summed E-state index contributed by atoms with van der Waals surface area (Å²) in [5.41, 5.74) is 0.809. The van der Waals surface area contributed by atoms with Crippen LogP contribution in [-0.2, 0) is 0 Å². The van der Waals surface area contributed by atoms with Crippen LogP contribution >= 0.6 is 0 Å². The minimum absolute atomic E-state index is 0.00752. The van der Waals surface area contributed by atoms with Gasteiger partial charge >= 0.3 is 0 Å². The molecule has 1 aliphatic heterocycles. The van der Waals surface area contributed by atoms with E-state index in [4.69, 9.17) is 0 Å². The summed E-state index contributed by atoms with van der Waals surface area (Å²) in [4.78, 5) is 14.7. The standard InChI is InChI=1S/C14H19N3O/c1-10(12-3-2-6-15-9-12)17-8-5-11-4-7-16-14(18)13(11)17/h4-5,7-8,10,12,15H,2-3,6,9H2,1H3,(H,16,18). The normalized spacial score (nSPS) is 22.2. The lowest BCUT2D eigenvalue weighted by Gasteiger charge is -2.29. The minimum atomic E-state index is 0.00752. The van der Waals surface area contributed by atoms with E-state index in [9.17, 15) is 4.79 Å². The number of pyridine rings is 1. The molecule has 2 aromatic rings. The number of hydrogen-bond donors (Lipinski definition) is 2. The van der Waals surface area contributed by atoms with Crippen molar-refractivity contribution >= 4 is 10.9 Å². The molecule has 1 aliphatic rings. The second-order valence-electron chi connectivity index (χ2n) is 5.18. The highest BCUT2D eigenvalue weighted by Gasteiger charge is 2.22. The molecule has 1 fully saturated rings. The van der Waals surface area contributed by atoms with E-state index in [-0.39, 0.29) is 5.56 Å². The zero-order chi connectivity index (χ0) is 12.5. The van der Waals surface area contributed by atoms with Crippen molar-refractivity contribution < 1.29 is 0 Å². The van der Waals surface area contributed by atoms with Gasteiger partial charge in [0, 0.05) is 23.8 Å². The number of nitrogens with zero attached hydrogens (tertiary/aromatic N) is 1. The quantitative estimate of drug-likeness (QED) is 0.849. The highest BCUT2D eigenvalue weighted by atomic mass is 16.1. The van der Waals surface area contributed by atoms with E-state index in [0.717, 1.165) is 24.0 Å². The lowest BCUT2D eigenvalue weighted by Crippen LogP contribution is -2.34. The summed E-state index contributed by atoms with van der Waals surface area (Å²) in [7, 11) is 0. The maximum absolute atomic E-state index is 12.0. The van der Waals surface area contributed by atoms with E-state index < -0.39 is 0 Å². The topological polar surface area (TPSA) is 49.8 Å². The lowest BCUT2D eigenvalue weighted by molar-refractivity contribution is 0.284. The largest absolute Gasteiger partial charge is 0.340 e. The molecule has 2 aromatic heterocycles. The average Bonchev–Trinajstić information content (AvgIpc) is 2.84. The van der Waals surface area contributed by atoms with Crippen molar-refractivity contribution in [1.29, 1.82) is 0 Å². The number of H-pyrrole nitrogens is 1. The van der Waals surface area contributed by atoms with Gasteiger partial charge in [-0.3, -0.25) is 4.79 Å². The highest BCUT2D eigenvalue weighted by Crippen LogP contribution is 2.27. The van der Waals surface area contributed by atoms with Gasteiger partial charge in [0.05, 0.1) is 0 Å². The smallest absolute Gasteiger partial charge is 0.272 e. The number of nitrogens with one attached hydrogen (secondary N) is 2. The zero-order valence-electron chi connectivity index (χ0n) is 10.6. The first-order valence-corrected chi connectivity index (χ1v) is 6.66. The molecule has 0 bridgehead atoms. The summed E-state index contributed by atoms with van der Waals surface area (Å²) >= 11 is 0. The molecule has 18 heavy (non-hydrogen) atoms. The molecule has 3 heterocycles. The van der Waals surface area contributed by atoms with Crippen molar-refractivity contribution in [2.75, 3.05) is 13.1 Å². The number of hydrogen-bond acceptors (Lipinski definition) is 2. The van der Waals surface area contributed by atoms with Gasteiger partial charge in [-0.25, -0.2) is 0 Å². The number of fused-ring (bicyclic) bond motifs is 1. The summed E-state index contributed by atoms with van der Waals surface area (Å²) in [6.07, 6.45) is 6.21. The maximum atomic E-state index is 12.0. The lowest BCUT2D eigenvalue weighted by atomic mass is 9.92. The van der Waals surface area contributed by atoms with E-state index in [2.05, 4.69) is 21.8 Å². The average molecular weight is 245 g/mol. The fraction of sp³-hybridized carbons (Fsp3) is 0.500. The minimum Gasteiger partial charge on any atom is -0.340 e. The Kier molecular flexibility index (Phi) is 2.96. The molecule has 0 spiro atoms. The summed E-state index contributed by atoms with van der Waals surface area (Å²) in [5.74, 6) is 0.606. The van der Waals surface area contributed by atoms with Gasteiger partial charge in [-0.05, 0) is 50.9 Å². The van der Waals surface area contributed by atoms with Crippen molar-refractivity contribution in [3.8, 4) is 0 Å². The van der Waals surface area contributed by atoms with Crippen LogP contribution < -0.4 is 10.9 Å². The van der Waals surface area contributed by atoms with Crippen LogP contribution in [0.15, 0.2) is 29.3 Å². The molecule has 0 radical (unpaired) electrons. The molecule has 4 heteroatoms. The van der Waals surface area contributed by atoms with Gasteiger partial charge in [0.2, 0.25) is 0 Å². The van der Waals surface area contributed by atoms with E-state index in [1.54, 1.807) is 6.20 Å². The molecule has 0 saturated carbocycles. The third kappa shape index (κ3) is 1.86. The van der Waals surface area contributed by atoms with Crippen molar-refractivity contribution in [3.05, 3.63) is 34.9 Å². The molecule has 0 aromatic carbocycles. The molecular weight excluding hydrogens is 226 g/mol. The van der Waals surface area contributed by atoms with Crippen molar-refractivity contribution in [2.45, 2.75) is 25.8 Å². The Morgan fingerprint density at radius 1 is 1.44 bits per heavy atom. The van der Waals surface area contributed by atoms with Gasteiger partial charge in [0.15, 0.2) is 0 Å². The highest BCUT2D eigenvalue weighted by molar-refractivity contribution is 5.78. The van der Waals surface area contributed by atoms with Crippen LogP contribution in [0.4, 0.5) is 0 Å². The summed E-state index contributed by atoms with van der Waals surface area (Å²) in [5, 5.41) is 4.46. The fourth-order valence-corrected chi connectivity index (χ4v) is 2.98. The molecule has 0 aliphatic carbocycles. The van der Waals surface area contributed by atoms with Crippen LogP contribution in [-0.4, -0.2) is 22.6 Å². The molecule has 0 amide bonds. The summed E-state index contributed by atoms with van der Waals surface area (Å²) < 4.78 is 2.13. The van der Waals surface area contributed by atoms with Gasteiger partial charge in [-0.2, -0.15) is 0 Å². The molecule has 4 nitrogen and oxygen atoms in total.